The van der Waals surface area contributed by atoms with Gasteiger partial charge in [-0.15, -0.1) is 0 Å². The molecule has 7 heteroatoms. The summed E-state index contributed by atoms with van der Waals surface area (Å²) >= 11 is 12.4. The van der Waals surface area contributed by atoms with Gasteiger partial charge >= 0.3 is 0 Å². The number of hydrazine groups is 1. The molecule has 2 aromatic rings. The van der Waals surface area contributed by atoms with Crippen LogP contribution in [0, 0.1) is 5.82 Å². The fraction of sp³-hybridized carbons (Fsp3) is 0.190. The summed E-state index contributed by atoms with van der Waals surface area (Å²) in [5.41, 5.74) is 4.04. The fourth-order valence-corrected chi connectivity index (χ4v) is 3.74. The van der Waals surface area contributed by atoms with Crippen molar-refractivity contribution >= 4 is 34.5 Å². The maximum absolute atomic E-state index is 13.3. The number of nitrogens with zero attached hydrogens (tertiary/aromatic N) is 3. The summed E-state index contributed by atoms with van der Waals surface area (Å²) in [5, 5.41) is 5.30. The van der Waals surface area contributed by atoms with E-state index in [4.69, 9.17) is 28.2 Å². The van der Waals surface area contributed by atoms with Gasteiger partial charge in [0.2, 0.25) is 0 Å². The van der Waals surface area contributed by atoms with Crippen molar-refractivity contribution in [1.29, 1.82) is 0 Å². The maximum Gasteiger partial charge on any atom is 0.152 e. The summed E-state index contributed by atoms with van der Waals surface area (Å²) in [6, 6.07) is 12.3. The van der Waals surface area contributed by atoms with Crippen molar-refractivity contribution in [3.05, 3.63) is 87.6 Å². The molecule has 0 amide bonds. The molecule has 4 rings (SSSR count). The number of aliphatic imine (C=N–C) groups is 1. The smallest absolute Gasteiger partial charge is 0.152 e. The number of fused-ring (bicyclic) bond motifs is 1. The van der Waals surface area contributed by atoms with E-state index >= 15 is 0 Å². The van der Waals surface area contributed by atoms with Crippen LogP contribution in [0.1, 0.15) is 25.0 Å². The molecule has 2 aliphatic heterocycles. The standard InChI is InChI=1S/C21H18Cl2FN3.H3N/c1-13-9-10-26-21(25-13)20(16-5-8-18(22)19(23)11-16)14(2)27(26)12-15-3-6-17(24)7-4-15;/h3-11,14H,12H2,1-2H3;1H3. The predicted octanol–water partition coefficient (Wildman–Crippen LogP) is 6.07. The molecule has 0 aliphatic carbocycles. The van der Waals surface area contributed by atoms with E-state index in [-0.39, 0.29) is 18.0 Å². The van der Waals surface area contributed by atoms with Crippen LogP contribution in [0.15, 0.2) is 65.6 Å². The van der Waals surface area contributed by atoms with E-state index < -0.39 is 0 Å². The Balaban J connectivity index is 0.00000225. The molecule has 28 heavy (non-hydrogen) atoms. The van der Waals surface area contributed by atoms with Crippen LogP contribution in [0.4, 0.5) is 4.39 Å². The molecule has 0 fully saturated rings. The molecule has 0 saturated heterocycles. The van der Waals surface area contributed by atoms with E-state index in [1.54, 1.807) is 12.1 Å². The molecule has 0 aromatic heterocycles. The van der Waals surface area contributed by atoms with Crippen LogP contribution in [-0.2, 0) is 6.54 Å². The highest BCUT2D eigenvalue weighted by Gasteiger charge is 2.37. The molecule has 1 unspecified atom stereocenters. The van der Waals surface area contributed by atoms with Crippen LogP contribution in [-0.4, -0.2) is 21.8 Å². The average molecular weight is 419 g/mol. The van der Waals surface area contributed by atoms with Gasteiger partial charge in [-0.3, -0.25) is 5.01 Å². The first-order chi connectivity index (χ1) is 12.9. The maximum atomic E-state index is 13.3. The highest BCUT2D eigenvalue weighted by Crippen LogP contribution is 2.40. The predicted molar refractivity (Wildman–Crippen MR) is 114 cm³/mol. The Labute approximate surface area is 174 Å². The largest absolute Gasteiger partial charge is 0.344 e. The van der Waals surface area contributed by atoms with Gasteiger partial charge in [-0.2, -0.15) is 0 Å². The van der Waals surface area contributed by atoms with Gasteiger partial charge in [-0.1, -0.05) is 41.4 Å². The van der Waals surface area contributed by atoms with Crippen LogP contribution >= 0.6 is 23.2 Å². The summed E-state index contributed by atoms with van der Waals surface area (Å²) < 4.78 is 13.3. The molecular formula is C21H21Cl2FN4. The van der Waals surface area contributed by atoms with Gasteiger partial charge < -0.3 is 6.15 Å². The van der Waals surface area contributed by atoms with E-state index in [0.717, 1.165) is 28.2 Å². The molecule has 2 aromatic carbocycles. The molecule has 0 spiro atoms. The van der Waals surface area contributed by atoms with Crippen molar-refractivity contribution in [3.63, 3.8) is 0 Å². The zero-order valence-corrected chi connectivity index (χ0v) is 17.2. The number of hydrogen-bond donors (Lipinski definition) is 1. The lowest BCUT2D eigenvalue weighted by Crippen LogP contribution is -2.38. The first kappa shape index (κ1) is 20.6. The first-order valence-electron chi connectivity index (χ1n) is 8.67. The minimum Gasteiger partial charge on any atom is -0.344 e. The van der Waals surface area contributed by atoms with Crippen molar-refractivity contribution in [3.8, 4) is 0 Å². The molecule has 0 saturated carbocycles. The molecule has 3 N–H and O–H groups in total. The molecule has 1 atom stereocenters. The highest BCUT2D eigenvalue weighted by molar-refractivity contribution is 6.42. The lowest BCUT2D eigenvalue weighted by molar-refractivity contribution is 0.0469. The second-order valence-corrected chi connectivity index (χ2v) is 7.49. The number of halogens is 3. The number of benzene rings is 2. The van der Waals surface area contributed by atoms with Crippen LogP contribution in [0.25, 0.3) is 5.57 Å². The Kier molecular flexibility index (Phi) is 5.91. The van der Waals surface area contributed by atoms with Gasteiger partial charge in [0.25, 0.3) is 0 Å². The van der Waals surface area contributed by atoms with Gasteiger partial charge in [0, 0.05) is 24.0 Å². The van der Waals surface area contributed by atoms with Gasteiger partial charge in [-0.25, -0.2) is 14.4 Å². The van der Waals surface area contributed by atoms with Crippen LogP contribution in [0.2, 0.25) is 10.0 Å². The van der Waals surface area contributed by atoms with Gasteiger partial charge in [0.1, 0.15) is 5.82 Å². The summed E-state index contributed by atoms with van der Waals surface area (Å²) in [7, 11) is 0. The minimum atomic E-state index is -0.235. The normalized spacial score (nSPS) is 18.8. The van der Waals surface area contributed by atoms with E-state index in [1.165, 1.54) is 12.1 Å². The minimum absolute atomic E-state index is 0. The Hall–Kier alpha value is -2.18. The number of hydrogen-bond acceptors (Lipinski definition) is 4. The molecule has 4 nitrogen and oxygen atoms in total. The van der Waals surface area contributed by atoms with Crippen LogP contribution in [0.5, 0.6) is 0 Å². The topological polar surface area (TPSA) is 53.8 Å². The van der Waals surface area contributed by atoms with Crippen LogP contribution in [0.3, 0.4) is 0 Å². The fourth-order valence-electron chi connectivity index (χ4n) is 3.44. The summed E-state index contributed by atoms with van der Waals surface area (Å²) in [4.78, 5) is 4.77. The molecule has 0 radical (unpaired) electrons. The Morgan fingerprint density at radius 2 is 1.79 bits per heavy atom. The third-order valence-corrected chi connectivity index (χ3v) is 5.57. The quantitative estimate of drug-likeness (QED) is 0.657. The van der Waals surface area contributed by atoms with Crippen molar-refractivity contribution in [2.75, 3.05) is 0 Å². The molecule has 2 aliphatic rings. The first-order valence-corrected chi connectivity index (χ1v) is 9.43. The van der Waals surface area contributed by atoms with Gasteiger partial charge in [-0.05, 0) is 55.3 Å². The SMILES string of the molecule is CC1=NC2=C(c3ccc(Cl)c(Cl)c3)C(C)N(Cc3ccc(F)cc3)N2C=C1.N. The lowest BCUT2D eigenvalue weighted by Gasteiger charge is -2.32. The van der Waals surface area contributed by atoms with Crippen LogP contribution < -0.4 is 6.15 Å². The molecular weight excluding hydrogens is 398 g/mol. The van der Waals surface area contributed by atoms with E-state index in [2.05, 4.69) is 16.9 Å². The van der Waals surface area contributed by atoms with E-state index in [1.807, 2.05) is 37.4 Å². The van der Waals surface area contributed by atoms with E-state index in [9.17, 15) is 4.39 Å². The zero-order chi connectivity index (χ0) is 19.1. The van der Waals surface area contributed by atoms with Crippen molar-refractivity contribution < 1.29 is 4.39 Å². The Morgan fingerprint density at radius 1 is 1.07 bits per heavy atom. The third kappa shape index (κ3) is 3.71. The lowest BCUT2D eigenvalue weighted by atomic mass is 10.00. The Morgan fingerprint density at radius 3 is 2.46 bits per heavy atom. The second-order valence-electron chi connectivity index (χ2n) is 6.68. The number of allylic oxidation sites excluding steroid dienone is 1. The molecule has 0 bridgehead atoms. The van der Waals surface area contributed by atoms with Gasteiger partial charge in [0.15, 0.2) is 5.82 Å². The summed E-state index contributed by atoms with van der Waals surface area (Å²) in [6.07, 6.45) is 3.99. The summed E-state index contributed by atoms with van der Waals surface area (Å²) in [5.74, 6) is 0.643. The Bertz CT molecular complexity index is 982. The molecule has 146 valence electrons. The molecule has 2 heterocycles. The van der Waals surface area contributed by atoms with E-state index in [0.29, 0.717) is 16.6 Å². The third-order valence-electron chi connectivity index (χ3n) is 4.83. The zero-order valence-electron chi connectivity index (χ0n) is 15.7. The van der Waals surface area contributed by atoms with Crippen molar-refractivity contribution in [2.24, 2.45) is 4.99 Å². The monoisotopic (exact) mass is 418 g/mol. The number of rotatable bonds is 3. The second kappa shape index (κ2) is 8.05. The summed E-state index contributed by atoms with van der Waals surface area (Å²) in [6.45, 7) is 4.74. The van der Waals surface area contributed by atoms with Crippen molar-refractivity contribution in [2.45, 2.75) is 26.4 Å². The van der Waals surface area contributed by atoms with Crippen molar-refractivity contribution in [1.82, 2.24) is 16.2 Å². The average Bonchev–Trinajstić information content (AvgIpc) is 2.90. The van der Waals surface area contributed by atoms with Gasteiger partial charge in [0.05, 0.1) is 16.1 Å². The highest BCUT2D eigenvalue weighted by atomic mass is 35.5.